The highest BCUT2D eigenvalue weighted by molar-refractivity contribution is 6.30. The van der Waals surface area contributed by atoms with Gasteiger partial charge in [-0.15, -0.1) is 0 Å². The molecule has 7 heteroatoms. The zero-order chi connectivity index (χ0) is 15.6. The van der Waals surface area contributed by atoms with E-state index in [-0.39, 0.29) is 22.2 Å². The molecule has 0 aliphatic carbocycles. The maximum absolute atomic E-state index is 13.9. The maximum Gasteiger partial charge on any atom is 0.313 e. The molecular weight excluding hydrogens is 301 g/mol. The van der Waals surface area contributed by atoms with Gasteiger partial charge in [-0.05, 0) is 36.8 Å². The molecule has 5 nitrogen and oxygen atoms in total. The summed E-state index contributed by atoms with van der Waals surface area (Å²) in [7, 11) is 0. The average Bonchev–Trinajstić information content (AvgIpc) is 2.42. The molecule has 0 amide bonds. The molecule has 0 bridgehead atoms. The van der Waals surface area contributed by atoms with Gasteiger partial charge in [-0.3, -0.25) is 10.1 Å². The Morgan fingerprint density at radius 2 is 1.95 bits per heavy atom. The summed E-state index contributed by atoms with van der Waals surface area (Å²) in [6.45, 7) is 1.50. The second-order valence-electron chi connectivity index (χ2n) is 4.34. The SMILES string of the molecule is CC(O)c1ccc(Oc2ccc(Cl)cc2[N+](=O)[O-])c(F)c1. The van der Waals surface area contributed by atoms with E-state index in [1.54, 1.807) is 0 Å². The van der Waals surface area contributed by atoms with Crippen LogP contribution in [0.4, 0.5) is 10.1 Å². The molecule has 2 aromatic carbocycles. The third-order valence-electron chi connectivity index (χ3n) is 2.78. The van der Waals surface area contributed by atoms with Crippen molar-refractivity contribution in [3.8, 4) is 11.5 Å². The largest absolute Gasteiger partial charge is 0.447 e. The van der Waals surface area contributed by atoms with E-state index in [4.69, 9.17) is 16.3 Å². The van der Waals surface area contributed by atoms with Crippen LogP contribution in [-0.2, 0) is 0 Å². The lowest BCUT2D eigenvalue weighted by atomic mass is 10.1. The number of nitro groups is 1. The number of benzene rings is 2. The minimum Gasteiger partial charge on any atom is -0.447 e. The Hall–Kier alpha value is -2.18. The number of nitrogens with zero attached hydrogens (tertiary/aromatic N) is 1. The molecule has 0 heterocycles. The van der Waals surface area contributed by atoms with Crippen LogP contribution in [0.2, 0.25) is 5.02 Å². The molecule has 2 aromatic rings. The highest BCUT2D eigenvalue weighted by atomic mass is 35.5. The van der Waals surface area contributed by atoms with Gasteiger partial charge in [0.25, 0.3) is 0 Å². The summed E-state index contributed by atoms with van der Waals surface area (Å²) in [5.41, 5.74) is 0.0203. The van der Waals surface area contributed by atoms with Gasteiger partial charge < -0.3 is 9.84 Å². The van der Waals surface area contributed by atoms with E-state index in [0.717, 1.165) is 12.1 Å². The van der Waals surface area contributed by atoms with Crippen molar-refractivity contribution in [2.75, 3.05) is 0 Å². The second kappa shape index (κ2) is 6.07. The van der Waals surface area contributed by atoms with Crippen molar-refractivity contribution in [3.63, 3.8) is 0 Å². The molecule has 21 heavy (non-hydrogen) atoms. The Kier molecular flexibility index (Phi) is 4.40. The van der Waals surface area contributed by atoms with Gasteiger partial charge >= 0.3 is 5.69 Å². The first-order chi connectivity index (χ1) is 9.88. The zero-order valence-corrected chi connectivity index (χ0v) is 11.7. The molecule has 0 fully saturated rings. The fourth-order valence-corrected chi connectivity index (χ4v) is 1.86. The fourth-order valence-electron chi connectivity index (χ4n) is 1.70. The van der Waals surface area contributed by atoms with Crippen LogP contribution < -0.4 is 4.74 Å². The molecule has 1 atom stereocenters. The van der Waals surface area contributed by atoms with Gasteiger partial charge in [0, 0.05) is 11.1 Å². The first kappa shape index (κ1) is 15.2. The molecule has 0 aliphatic heterocycles. The van der Waals surface area contributed by atoms with E-state index in [2.05, 4.69) is 0 Å². The van der Waals surface area contributed by atoms with Gasteiger partial charge in [-0.1, -0.05) is 17.7 Å². The zero-order valence-electron chi connectivity index (χ0n) is 10.9. The topological polar surface area (TPSA) is 72.6 Å². The van der Waals surface area contributed by atoms with Crippen LogP contribution in [-0.4, -0.2) is 10.0 Å². The minimum absolute atomic E-state index is 0.118. The average molecular weight is 312 g/mol. The van der Waals surface area contributed by atoms with Crippen LogP contribution in [0.1, 0.15) is 18.6 Å². The van der Waals surface area contributed by atoms with E-state index in [1.165, 1.54) is 31.2 Å². The highest BCUT2D eigenvalue weighted by Gasteiger charge is 2.18. The fraction of sp³-hybridized carbons (Fsp3) is 0.143. The molecule has 1 N–H and O–H groups in total. The molecule has 0 aromatic heterocycles. The van der Waals surface area contributed by atoms with Crippen LogP contribution in [0.3, 0.4) is 0 Å². The third kappa shape index (κ3) is 3.48. The number of ether oxygens (including phenoxy) is 1. The van der Waals surface area contributed by atoms with Crippen molar-refractivity contribution in [1.82, 2.24) is 0 Å². The molecule has 110 valence electrons. The number of nitro benzene ring substituents is 1. The number of rotatable bonds is 4. The highest BCUT2D eigenvalue weighted by Crippen LogP contribution is 2.35. The van der Waals surface area contributed by atoms with Gasteiger partial charge in [0.05, 0.1) is 11.0 Å². The molecule has 0 radical (unpaired) electrons. The van der Waals surface area contributed by atoms with E-state index >= 15 is 0 Å². The summed E-state index contributed by atoms with van der Waals surface area (Å²) >= 11 is 5.69. The molecule has 0 spiro atoms. The Bertz CT molecular complexity index is 691. The number of aliphatic hydroxyl groups excluding tert-OH is 1. The van der Waals surface area contributed by atoms with Crippen molar-refractivity contribution < 1.29 is 19.2 Å². The minimum atomic E-state index is -0.821. The summed E-state index contributed by atoms with van der Waals surface area (Å²) < 4.78 is 19.1. The quantitative estimate of drug-likeness (QED) is 0.677. The first-order valence-corrected chi connectivity index (χ1v) is 6.35. The van der Waals surface area contributed by atoms with Crippen molar-refractivity contribution in [2.45, 2.75) is 13.0 Å². The summed E-state index contributed by atoms with van der Waals surface area (Å²) in [6.07, 6.45) is -0.821. The van der Waals surface area contributed by atoms with Crippen molar-refractivity contribution in [2.24, 2.45) is 0 Å². The lowest BCUT2D eigenvalue weighted by Crippen LogP contribution is -1.97. The number of aliphatic hydroxyl groups is 1. The third-order valence-corrected chi connectivity index (χ3v) is 3.01. The summed E-state index contributed by atoms with van der Waals surface area (Å²) in [5.74, 6) is -1.02. The van der Waals surface area contributed by atoms with Gasteiger partial charge in [0.2, 0.25) is 5.75 Å². The van der Waals surface area contributed by atoms with Crippen LogP contribution in [0.15, 0.2) is 36.4 Å². The predicted molar refractivity (Wildman–Crippen MR) is 75.2 cm³/mol. The Morgan fingerprint density at radius 1 is 1.29 bits per heavy atom. The normalized spacial score (nSPS) is 12.0. The van der Waals surface area contributed by atoms with Gasteiger partial charge in [-0.25, -0.2) is 4.39 Å². The summed E-state index contributed by atoms with van der Waals surface area (Å²) in [5, 5.41) is 20.5. The van der Waals surface area contributed by atoms with E-state index < -0.39 is 16.8 Å². The lowest BCUT2D eigenvalue weighted by Gasteiger charge is -2.10. The molecule has 0 saturated heterocycles. The van der Waals surface area contributed by atoms with Crippen molar-refractivity contribution in [3.05, 3.63) is 62.9 Å². The first-order valence-electron chi connectivity index (χ1n) is 5.98. The lowest BCUT2D eigenvalue weighted by molar-refractivity contribution is -0.385. The molecular formula is C14H11ClFNO4. The van der Waals surface area contributed by atoms with Crippen LogP contribution >= 0.6 is 11.6 Å². The number of halogens is 2. The van der Waals surface area contributed by atoms with E-state index in [0.29, 0.717) is 5.56 Å². The van der Waals surface area contributed by atoms with Crippen LogP contribution in [0.25, 0.3) is 0 Å². The predicted octanol–water partition coefficient (Wildman–Crippen LogP) is 4.23. The number of hydrogen-bond donors (Lipinski definition) is 1. The molecule has 0 saturated carbocycles. The standard InChI is InChI=1S/C14H11ClFNO4/c1-8(18)9-2-4-13(11(16)6-9)21-14-5-3-10(15)7-12(14)17(19)20/h2-8,18H,1H3. The van der Waals surface area contributed by atoms with Crippen molar-refractivity contribution >= 4 is 17.3 Å². The molecule has 1 unspecified atom stereocenters. The maximum atomic E-state index is 13.9. The molecule has 0 aliphatic rings. The summed E-state index contributed by atoms with van der Waals surface area (Å²) in [6, 6.07) is 7.72. The molecule has 2 rings (SSSR count). The number of hydrogen-bond acceptors (Lipinski definition) is 4. The van der Waals surface area contributed by atoms with Crippen molar-refractivity contribution in [1.29, 1.82) is 0 Å². The van der Waals surface area contributed by atoms with Gasteiger partial charge in [0.15, 0.2) is 11.6 Å². The summed E-state index contributed by atoms with van der Waals surface area (Å²) in [4.78, 5) is 10.3. The monoisotopic (exact) mass is 311 g/mol. The Balaban J connectivity index is 2.37. The smallest absolute Gasteiger partial charge is 0.313 e. The Morgan fingerprint density at radius 3 is 2.52 bits per heavy atom. The van der Waals surface area contributed by atoms with Gasteiger partial charge in [-0.2, -0.15) is 0 Å². The Labute approximate surface area is 124 Å². The van der Waals surface area contributed by atoms with Crippen LogP contribution in [0.5, 0.6) is 11.5 Å². The van der Waals surface area contributed by atoms with Gasteiger partial charge in [0.1, 0.15) is 0 Å². The van der Waals surface area contributed by atoms with E-state index in [9.17, 15) is 19.6 Å². The second-order valence-corrected chi connectivity index (χ2v) is 4.77. The van der Waals surface area contributed by atoms with E-state index in [1.807, 2.05) is 0 Å². The van der Waals surface area contributed by atoms with Crippen LogP contribution in [0, 0.1) is 15.9 Å².